The molecule has 1 saturated heterocycles. The number of amides is 1. The maximum absolute atomic E-state index is 11.9. The van der Waals surface area contributed by atoms with Crippen LogP contribution in [-0.4, -0.2) is 18.5 Å². The van der Waals surface area contributed by atoms with Crippen LogP contribution in [-0.2, 0) is 4.79 Å². The average Bonchev–Trinajstić information content (AvgIpc) is 2.33. The van der Waals surface area contributed by atoms with Crippen LogP contribution in [0.4, 0.5) is 5.69 Å². The smallest absolute Gasteiger partial charge is 0.241 e. The van der Waals surface area contributed by atoms with E-state index < -0.39 is 0 Å². The molecule has 1 fully saturated rings. The van der Waals surface area contributed by atoms with E-state index in [4.69, 9.17) is 0 Å². The van der Waals surface area contributed by atoms with Crippen LogP contribution in [0.15, 0.2) is 28.7 Å². The van der Waals surface area contributed by atoms with Crippen molar-refractivity contribution in [2.45, 2.75) is 25.3 Å². The van der Waals surface area contributed by atoms with Gasteiger partial charge < -0.3 is 10.6 Å². The highest BCUT2D eigenvalue weighted by atomic mass is 79.9. The number of rotatable bonds is 2. The summed E-state index contributed by atoms with van der Waals surface area (Å²) in [6, 6.07) is 7.61. The minimum Gasteiger partial charge on any atom is -0.324 e. The quantitative estimate of drug-likeness (QED) is 0.875. The number of hydrogen-bond acceptors (Lipinski definition) is 2. The second-order valence-corrected chi connectivity index (χ2v) is 4.83. The third kappa shape index (κ3) is 2.83. The van der Waals surface area contributed by atoms with Gasteiger partial charge in [0.25, 0.3) is 0 Å². The molecule has 1 aliphatic heterocycles. The zero-order chi connectivity index (χ0) is 11.4. The molecule has 0 spiro atoms. The van der Waals surface area contributed by atoms with Crippen molar-refractivity contribution in [2.24, 2.45) is 0 Å². The summed E-state index contributed by atoms with van der Waals surface area (Å²) in [4.78, 5) is 11.9. The van der Waals surface area contributed by atoms with Crippen molar-refractivity contribution < 1.29 is 4.79 Å². The fourth-order valence-electron chi connectivity index (χ4n) is 1.86. The second-order valence-electron chi connectivity index (χ2n) is 3.97. The van der Waals surface area contributed by atoms with Crippen LogP contribution in [0.2, 0.25) is 0 Å². The molecule has 1 atom stereocenters. The minimum atomic E-state index is -0.0409. The normalized spacial score (nSPS) is 20.4. The number of nitrogens with one attached hydrogen (secondary N) is 2. The molecule has 0 radical (unpaired) electrons. The standard InChI is InChI=1S/C12H15BrN2O/c13-9-5-1-2-6-10(9)15-12(16)11-7-3-4-8-14-11/h1-2,5-6,11,14H,3-4,7-8H2,(H,15,16)/t11-/m1/s1. The lowest BCUT2D eigenvalue weighted by Gasteiger charge is -2.22. The molecular formula is C12H15BrN2O. The van der Waals surface area contributed by atoms with Gasteiger partial charge in [-0.15, -0.1) is 0 Å². The van der Waals surface area contributed by atoms with Gasteiger partial charge in [-0.05, 0) is 47.4 Å². The van der Waals surface area contributed by atoms with E-state index in [1.165, 1.54) is 6.42 Å². The van der Waals surface area contributed by atoms with Crippen molar-refractivity contribution in [1.82, 2.24) is 5.32 Å². The first kappa shape index (κ1) is 11.6. The molecule has 86 valence electrons. The Morgan fingerprint density at radius 1 is 1.38 bits per heavy atom. The van der Waals surface area contributed by atoms with Gasteiger partial charge in [-0.2, -0.15) is 0 Å². The molecule has 1 aromatic rings. The number of benzene rings is 1. The molecule has 4 heteroatoms. The molecule has 1 aromatic carbocycles. The molecule has 0 unspecified atom stereocenters. The molecule has 1 aliphatic rings. The minimum absolute atomic E-state index is 0.0409. The van der Waals surface area contributed by atoms with Crippen LogP contribution in [0.3, 0.4) is 0 Å². The summed E-state index contributed by atoms with van der Waals surface area (Å²) in [7, 11) is 0. The predicted molar refractivity (Wildman–Crippen MR) is 68.4 cm³/mol. The lowest BCUT2D eigenvalue weighted by atomic mass is 10.0. The SMILES string of the molecule is O=C(Nc1ccccc1Br)[C@H]1CCCCN1. The van der Waals surface area contributed by atoms with Crippen LogP contribution in [0.1, 0.15) is 19.3 Å². The van der Waals surface area contributed by atoms with Crippen molar-refractivity contribution in [3.8, 4) is 0 Å². The lowest BCUT2D eigenvalue weighted by Crippen LogP contribution is -2.43. The molecule has 0 saturated carbocycles. The van der Waals surface area contributed by atoms with Crippen LogP contribution >= 0.6 is 15.9 Å². The van der Waals surface area contributed by atoms with Gasteiger partial charge in [0.05, 0.1) is 11.7 Å². The van der Waals surface area contributed by atoms with Crippen molar-refractivity contribution >= 4 is 27.5 Å². The summed E-state index contributed by atoms with van der Waals surface area (Å²) in [5, 5.41) is 6.16. The number of halogens is 1. The summed E-state index contributed by atoms with van der Waals surface area (Å²) < 4.78 is 0.916. The number of piperidine rings is 1. The lowest BCUT2D eigenvalue weighted by molar-refractivity contribution is -0.118. The van der Waals surface area contributed by atoms with Gasteiger partial charge in [-0.1, -0.05) is 18.6 Å². The Kier molecular flexibility index (Phi) is 3.96. The van der Waals surface area contributed by atoms with Crippen molar-refractivity contribution in [3.05, 3.63) is 28.7 Å². The largest absolute Gasteiger partial charge is 0.324 e. The Morgan fingerprint density at radius 2 is 2.19 bits per heavy atom. The first-order valence-corrected chi connectivity index (χ1v) is 6.35. The number of carbonyl (C=O) groups excluding carboxylic acids is 1. The molecule has 1 amide bonds. The van der Waals surface area contributed by atoms with Gasteiger partial charge in [0.2, 0.25) is 5.91 Å². The molecule has 2 N–H and O–H groups in total. The van der Waals surface area contributed by atoms with E-state index in [1.54, 1.807) is 0 Å². The van der Waals surface area contributed by atoms with E-state index in [2.05, 4.69) is 26.6 Å². The van der Waals surface area contributed by atoms with Crippen molar-refractivity contribution in [3.63, 3.8) is 0 Å². The van der Waals surface area contributed by atoms with E-state index in [9.17, 15) is 4.79 Å². The zero-order valence-electron chi connectivity index (χ0n) is 9.00. The van der Waals surface area contributed by atoms with Crippen molar-refractivity contribution in [1.29, 1.82) is 0 Å². The Labute approximate surface area is 104 Å². The summed E-state index contributed by atoms with van der Waals surface area (Å²) in [6.07, 6.45) is 3.22. The van der Waals surface area contributed by atoms with E-state index in [-0.39, 0.29) is 11.9 Å². The maximum Gasteiger partial charge on any atom is 0.241 e. The maximum atomic E-state index is 11.9. The van der Waals surface area contributed by atoms with Crippen molar-refractivity contribution in [2.75, 3.05) is 11.9 Å². The van der Waals surface area contributed by atoms with Gasteiger partial charge >= 0.3 is 0 Å². The van der Waals surface area contributed by atoms with Crippen LogP contribution in [0, 0.1) is 0 Å². The fourth-order valence-corrected chi connectivity index (χ4v) is 2.24. The summed E-state index contributed by atoms with van der Waals surface area (Å²) in [6.45, 7) is 0.939. The van der Waals surface area contributed by atoms with Crippen LogP contribution < -0.4 is 10.6 Å². The third-order valence-electron chi connectivity index (χ3n) is 2.76. The highest BCUT2D eigenvalue weighted by Crippen LogP contribution is 2.21. The Balaban J connectivity index is 1.99. The van der Waals surface area contributed by atoms with Crippen LogP contribution in [0.5, 0.6) is 0 Å². The molecule has 0 bridgehead atoms. The molecule has 0 aliphatic carbocycles. The molecule has 1 heterocycles. The average molecular weight is 283 g/mol. The monoisotopic (exact) mass is 282 g/mol. The molecule has 16 heavy (non-hydrogen) atoms. The summed E-state index contributed by atoms with van der Waals surface area (Å²) >= 11 is 3.41. The van der Waals surface area contributed by atoms with E-state index >= 15 is 0 Å². The first-order chi connectivity index (χ1) is 7.77. The fraction of sp³-hybridized carbons (Fsp3) is 0.417. The summed E-state index contributed by atoms with van der Waals surface area (Å²) in [5.74, 6) is 0.0617. The molecule has 0 aromatic heterocycles. The number of hydrogen-bond donors (Lipinski definition) is 2. The molecule has 2 rings (SSSR count). The predicted octanol–water partition coefficient (Wildman–Crippen LogP) is 2.53. The Hall–Kier alpha value is -0.870. The summed E-state index contributed by atoms with van der Waals surface area (Å²) in [5.41, 5.74) is 0.833. The van der Waals surface area contributed by atoms with Gasteiger partial charge in [0.15, 0.2) is 0 Å². The highest BCUT2D eigenvalue weighted by molar-refractivity contribution is 9.10. The highest BCUT2D eigenvalue weighted by Gasteiger charge is 2.20. The third-order valence-corrected chi connectivity index (χ3v) is 3.45. The number of anilines is 1. The van der Waals surface area contributed by atoms with Gasteiger partial charge in [-0.3, -0.25) is 4.79 Å². The first-order valence-electron chi connectivity index (χ1n) is 5.56. The number of para-hydroxylation sites is 1. The molecule has 3 nitrogen and oxygen atoms in total. The molecular weight excluding hydrogens is 268 g/mol. The number of carbonyl (C=O) groups is 1. The Morgan fingerprint density at radius 3 is 2.88 bits per heavy atom. The van der Waals surface area contributed by atoms with Gasteiger partial charge in [0.1, 0.15) is 0 Å². The van der Waals surface area contributed by atoms with E-state index in [1.807, 2.05) is 24.3 Å². The van der Waals surface area contributed by atoms with Gasteiger partial charge in [-0.25, -0.2) is 0 Å². The topological polar surface area (TPSA) is 41.1 Å². The van der Waals surface area contributed by atoms with Crippen LogP contribution in [0.25, 0.3) is 0 Å². The van der Waals surface area contributed by atoms with E-state index in [0.29, 0.717) is 0 Å². The zero-order valence-corrected chi connectivity index (χ0v) is 10.6. The Bertz CT molecular complexity index is 375. The van der Waals surface area contributed by atoms with E-state index in [0.717, 1.165) is 29.5 Å². The second kappa shape index (κ2) is 5.46. The van der Waals surface area contributed by atoms with Gasteiger partial charge in [0, 0.05) is 4.47 Å².